The molecule has 1 atom stereocenters. The highest BCUT2D eigenvalue weighted by Gasteiger charge is 2.21. The van der Waals surface area contributed by atoms with Crippen LogP contribution in [0.3, 0.4) is 0 Å². The fourth-order valence-electron chi connectivity index (χ4n) is 2.09. The minimum absolute atomic E-state index is 0.0898. The zero-order valence-corrected chi connectivity index (χ0v) is 10.5. The molecule has 1 aliphatic rings. The lowest BCUT2D eigenvalue weighted by Gasteiger charge is -2.21. The number of nitrogens with zero attached hydrogens (tertiary/aromatic N) is 1. The molecular weight excluding hydrogens is 200 g/mol. The van der Waals surface area contributed by atoms with Crippen LogP contribution in [0.5, 0.6) is 0 Å². The predicted molar refractivity (Wildman–Crippen MR) is 64.5 cm³/mol. The third kappa shape index (κ3) is 2.85. The van der Waals surface area contributed by atoms with E-state index in [2.05, 4.69) is 31.1 Å². The first kappa shape index (κ1) is 11.6. The van der Waals surface area contributed by atoms with Gasteiger partial charge in [-0.3, -0.25) is 0 Å². The molecule has 16 heavy (non-hydrogen) atoms. The molecule has 0 saturated carbocycles. The second-order valence-electron chi connectivity index (χ2n) is 5.79. The molecule has 1 N–H and O–H groups in total. The highest BCUT2D eigenvalue weighted by Crippen LogP contribution is 2.23. The van der Waals surface area contributed by atoms with Crippen molar-refractivity contribution >= 4 is 0 Å². The Bertz CT molecular complexity index is 332. The van der Waals surface area contributed by atoms with Gasteiger partial charge in [0, 0.05) is 11.8 Å². The summed E-state index contributed by atoms with van der Waals surface area (Å²) >= 11 is 0. The van der Waals surface area contributed by atoms with Crippen LogP contribution in [0, 0.1) is 5.92 Å². The minimum Gasteiger partial charge on any atom is -0.449 e. The van der Waals surface area contributed by atoms with E-state index in [0.717, 1.165) is 31.1 Å². The number of aromatic nitrogens is 1. The summed E-state index contributed by atoms with van der Waals surface area (Å²) < 4.78 is 5.56. The van der Waals surface area contributed by atoms with E-state index in [1.807, 2.05) is 6.26 Å². The van der Waals surface area contributed by atoms with E-state index in [1.165, 1.54) is 12.8 Å². The van der Waals surface area contributed by atoms with Crippen molar-refractivity contribution in [3.05, 3.63) is 17.8 Å². The molecule has 0 aliphatic carbocycles. The van der Waals surface area contributed by atoms with Crippen molar-refractivity contribution in [2.24, 2.45) is 5.92 Å². The first-order valence-corrected chi connectivity index (χ1v) is 6.21. The van der Waals surface area contributed by atoms with Crippen molar-refractivity contribution in [3.63, 3.8) is 0 Å². The summed E-state index contributed by atoms with van der Waals surface area (Å²) in [5, 5.41) is 3.42. The Balaban J connectivity index is 1.97. The Kier molecular flexibility index (Phi) is 3.33. The largest absolute Gasteiger partial charge is 0.449 e. The van der Waals surface area contributed by atoms with Gasteiger partial charge in [-0.05, 0) is 31.8 Å². The molecule has 1 aromatic rings. The van der Waals surface area contributed by atoms with Crippen molar-refractivity contribution in [3.8, 4) is 0 Å². The molecular formula is C13H22N2O. The van der Waals surface area contributed by atoms with Crippen LogP contribution in [-0.4, -0.2) is 18.1 Å². The van der Waals surface area contributed by atoms with Gasteiger partial charge < -0.3 is 9.73 Å². The van der Waals surface area contributed by atoms with Crippen LogP contribution in [0.1, 0.15) is 45.2 Å². The van der Waals surface area contributed by atoms with Gasteiger partial charge in [0.1, 0.15) is 6.26 Å². The molecule has 0 amide bonds. The van der Waals surface area contributed by atoms with Gasteiger partial charge in [-0.2, -0.15) is 0 Å². The lowest BCUT2D eigenvalue weighted by Crippen LogP contribution is -2.30. The zero-order chi connectivity index (χ0) is 11.6. The van der Waals surface area contributed by atoms with Crippen LogP contribution in [-0.2, 0) is 11.8 Å². The van der Waals surface area contributed by atoms with Crippen LogP contribution >= 0.6 is 0 Å². The molecule has 0 radical (unpaired) electrons. The predicted octanol–water partition coefficient (Wildman–Crippen LogP) is 2.51. The third-order valence-corrected chi connectivity index (χ3v) is 3.18. The van der Waals surface area contributed by atoms with Crippen LogP contribution in [0.4, 0.5) is 0 Å². The minimum atomic E-state index is 0.0898. The van der Waals surface area contributed by atoms with Crippen molar-refractivity contribution in [2.45, 2.75) is 45.4 Å². The van der Waals surface area contributed by atoms with Gasteiger partial charge >= 0.3 is 0 Å². The summed E-state index contributed by atoms with van der Waals surface area (Å²) in [5.41, 5.74) is 1.15. The number of oxazole rings is 1. The lowest BCUT2D eigenvalue weighted by molar-refractivity contribution is 0.345. The molecule has 1 unspecified atom stereocenters. The maximum atomic E-state index is 5.56. The summed E-state index contributed by atoms with van der Waals surface area (Å²) in [4.78, 5) is 4.58. The average Bonchev–Trinajstić information content (AvgIpc) is 2.67. The van der Waals surface area contributed by atoms with Crippen LogP contribution in [0.15, 0.2) is 10.7 Å². The topological polar surface area (TPSA) is 38.1 Å². The zero-order valence-electron chi connectivity index (χ0n) is 10.5. The highest BCUT2D eigenvalue weighted by atomic mass is 16.3. The quantitative estimate of drug-likeness (QED) is 0.835. The van der Waals surface area contributed by atoms with E-state index in [0.29, 0.717) is 5.92 Å². The number of hydrogen-bond donors (Lipinski definition) is 1. The highest BCUT2D eigenvalue weighted by molar-refractivity contribution is 5.08. The molecule has 90 valence electrons. The standard InChI is InChI=1S/C13H22N2O/c1-13(2,3)11-9-16-12(15-11)7-10-5-4-6-14-8-10/h9-10,14H,4-8H2,1-3H3. The van der Waals surface area contributed by atoms with E-state index < -0.39 is 0 Å². The Morgan fingerprint density at radius 1 is 1.50 bits per heavy atom. The summed E-state index contributed by atoms with van der Waals surface area (Å²) in [6.45, 7) is 8.76. The molecule has 2 heterocycles. The molecule has 0 spiro atoms. The van der Waals surface area contributed by atoms with E-state index in [1.54, 1.807) is 0 Å². The normalized spacial score (nSPS) is 22.3. The fourth-order valence-corrected chi connectivity index (χ4v) is 2.09. The van der Waals surface area contributed by atoms with Gasteiger partial charge in [0.05, 0.1) is 5.69 Å². The maximum absolute atomic E-state index is 5.56. The lowest BCUT2D eigenvalue weighted by atomic mass is 9.93. The summed E-state index contributed by atoms with van der Waals surface area (Å²) in [6.07, 6.45) is 5.35. The summed E-state index contributed by atoms with van der Waals surface area (Å²) in [5.74, 6) is 1.60. The van der Waals surface area contributed by atoms with Crippen LogP contribution < -0.4 is 5.32 Å². The molecule has 1 fully saturated rings. The molecule has 1 saturated heterocycles. The number of piperidine rings is 1. The SMILES string of the molecule is CC(C)(C)c1coc(CC2CCCNC2)n1. The van der Waals surface area contributed by atoms with Crippen molar-refractivity contribution in [1.82, 2.24) is 10.3 Å². The van der Waals surface area contributed by atoms with E-state index in [9.17, 15) is 0 Å². The number of nitrogens with one attached hydrogen (secondary N) is 1. The van der Waals surface area contributed by atoms with Gasteiger partial charge in [-0.15, -0.1) is 0 Å². The summed E-state index contributed by atoms with van der Waals surface area (Å²) in [6, 6.07) is 0. The van der Waals surface area contributed by atoms with E-state index >= 15 is 0 Å². The number of hydrogen-bond acceptors (Lipinski definition) is 3. The molecule has 2 rings (SSSR count). The molecule has 3 nitrogen and oxygen atoms in total. The Morgan fingerprint density at radius 3 is 2.88 bits per heavy atom. The Labute approximate surface area is 97.6 Å². The average molecular weight is 222 g/mol. The van der Waals surface area contributed by atoms with Gasteiger partial charge in [0.2, 0.25) is 0 Å². The number of rotatable bonds is 2. The fraction of sp³-hybridized carbons (Fsp3) is 0.769. The maximum Gasteiger partial charge on any atom is 0.194 e. The Hall–Kier alpha value is -0.830. The van der Waals surface area contributed by atoms with Crippen molar-refractivity contribution in [2.75, 3.05) is 13.1 Å². The smallest absolute Gasteiger partial charge is 0.194 e. The second-order valence-corrected chi connectivity index (χ2v) is 5.79. The molecule has 3 heteroatoms. The van der Waals surface area contributed by atoms with Crippen LogP contribution in [0.25, 0.3) is 0 Å². The molecule has 0 bridgehead atoms. The second kappa shape index (κ2) is 4.58. The van der Waals surface area contributed by atoms with Crippen molar-refractivity contribution in [1.29, 1.82) is 0 Å². The third-order valence-electron chi connectivity index (χ3n) is 3.18. The van der Waals surface area contributed by atoms with Crippen LogP contribution in [0.2, 0.25) is 0 Å². The van der Waals surface area contributed by atoms with Gasteiger partial charge in [-0.1, -0.05) is 20.8 Å². The molecule has 1 aromatic heterocycles. The Morgan fingerprint density at radius 2 is 2.31 bits per heavy atom. The first-order chi connectivity index (χ1) is 7.55. The van der Waals surface area contributed by atoms with E-state index in [4.69, 9.17) is 4.42 Å². The van der Waals surface area contributed by atoms with Gasteiger partial charge in [0.15, 0.2) is 5.89 Å². The molecule has 1 aliphatic heterocycles. The van der Waals surface area contributed by atoms with Gasteiger partial charge in [-0.25, -0.2) is 4.98 Å². The van der Waals surface area contributed by atoms with Gasteiger partial charge in [0.25, 0.3) is 0 Å². The monoisotopic (exact) mass is 222 g/mol. The molecule has 0 aromatic carbocycles. The van der Waals surface area contributed by atoms with Crippen molar-refractivity contribution < 1.29 is 4.42 Å². The summed E-state index contributed by atoms with van der Waals surface area (Å²) in [7, 11) is 0. The van der Waals surface area contributed by atoms with E-state index in [-0.39, 0.29) is 5.41 Å². The first-order valence-electron chi connectivity index (χ1n) is 6.21.